The van der Waals surface area contributed by atoms with E-state index in [-0.39, 0.29) is 0 Å². The lowest BCUT2D eigenvalue weighted by atomic mass is 10.1. The normalized spacial score (nSPS) is 10.5. The second kappa shape index (κ2) is 4.40. The standard InChI is InChI=1S/C12H10Cl2N2/c1-7-3-10(13)12(11(14)4-7)9-5-15-8(2)16-6-9/h3-6H,1-2H3. The second-order valence-electron chi connectivity index (χ2n) is 3.62. The summed E-state index contributed by atoms with van der Waals surface area (Å²) in [4.78, 5) is 8.26. The van der Waals surface area contributed by atoms with Crippen LogP contribution in [0.15, 0.2) is 24.5 Å². The van der Waals surface area contributed by atoms with Crippen LogP contribution in [0.25, 0.3) is 11.1 Å². The van der Waals surface area contributed by atoms with E-state index in [2.05, 4.69) is 9.97 Å². The predicted molar refractivity (Wildman–Crippen MR) is 67.0 cm³/mol. The smallest absolute Gasteiger partial charge is 0.125 e. The van der Waals surface area contributed by atoms with Gasteiger partial charge in [-0.05, 0) is 31.5 Å². The van der Waals surface area contributed by atoms with Gasteiger partial charge in [-0.15, -0.1) is 0 Å². The third-order valence-electron chi connectivity index (χ3n) is 2.26. The van der Waals surface area contributed by atoms with Crippen molar-refractivity contribution in [1.82, 2.24) is 9.97 Å². The van der Waals surface area contributed by atoms with Crippen molar-refractivity contribution >= 4 is 23.2 Å². The first-order valence-corrected chi connectivity index (χ1v) is 5.58. The maximum atomic E-state index is 6.17. The van der Waals surface area contributed by atoms with Crippen molar-refractivity contribution in [1.29, 1.82) is 0 Å². The van der Waals surface area contributed by atoms with Crippen molar-refractivity contribution in [3.05, 3.63) is 46.0 Å². The molecule has 0 saturated carbocycles. The van der Waals surface area contributed by atoms with Crippen LogP contribution in [0.2, 0.25) is 10.0 Å². The van der Waals surface area contributed by atoms with Gasteiger partial charge in [-0.25, -0.2) is 9.97 Å². The highest BCUT2D eigenvalue weighted by Gasteiger charge is 2.10. The molecule has 0 saturated heterocycles. The molecule has 82 valence electrons. The summed E-state index contributed by atoms with van der Waals surface area (Å²) in [5, 5.41) is 1.25. The summed E-state index contributed by atoms with van der Waals surface area (Å²) >= 11 is 12.3. The molecular formula is C12H10Cl2N2. The highest BCUT2D eigenvalue weighted by atomic mass is 35.5. The topological polar surface area (TPSA) is 25.8 Å². The Hall–Kier alpha value is -1.12. The van der Waals surface area contributed by atoms with Gasteiger partial charge in [0, 0.05) is 23.5 Å². The fourth-order valence-corrected chi connectivity index (χ4v) is 2.31. The largest absolute Gasteiger partial charge is 0.241 e. The number of aryl methyl sites for hydroxylation is 2. The first-order valence-electron chi connectivity index (χ1n) is 4.82. The van der Waals surface area contributed by atoms with E-state index in [1.807, 2.05) is 26.0 Å². The zero-order valence-corrected chi connectivity index (χ0v) is 10.5. The zero-order chi connectivity index (χ0) is 11.7. The summed E-state index contributed by atoms with van der Waals surface area (Å²) in [5.41, 5.74) is 2.65. The summed E-state index contributed by atoms with van der Waals surface area (Å²) in [5.74, 6) is 0.725. The molecule has 0 aliphatic heterocycles. The predicted octanol–water partition coefficient (Wildman–Crippen LogP) is 4.07. The Labute approximate surface area is 104 Å². The van der Waals surface area contributed by atoms with Crippen LogP contribution >= 0.6 is 23.2 Å². The molecule has 0 aliphatic rings. The summed E-state index contributed by atoms with van der Waals surface area (Å²) in [6.07, 6.45) is 3.45. The van der Waals surface area contributed by atoms with Crippen LogP contribution in [-0.2, 0) is 0 Å². The van der Waals surface area contributed by atoms with Gasteiger partial charge < -0.3 is 0 Å². The molecule has 0 bridgehead atoms. The van der Waals surface area contributed by atoms with Gasteiger partial charge in [0.2, 0.25) is 0 Å². The minimum Gasteiger partial charge on any atom is -0.241 e. The van der Waals surface area contributed by atoms with Gasteiger partial charge in [-0.2, -0.15) is 0 Å². The summed E-state index contributed by atoms with van der Waals surface area (Å²) in [6.45, 7) is 3.79. The maximum absolute atomic E-state index is 6.17. The highest BCUT2D eigenvalue weighted by molar-refractivity contribution is 6.39. The molecule has 4 heteroatoms. The van der Waals surface area contributed by atoms with E-state index in [1.54, 1.807) is 12.4 Å². The van der Waals surface area contributed by atoms with E-state index < -0.39 is 0 Å². The Balaban J connectivity index is 2.60. The molecule has 1 aromatic carbocycles. The lowest BCUT2D eigenvalue weighted by molar-refractivity contribution is 1.06. The van der Waals surface area contributed by atoms with Crippen LogP contribution in [0.1, 0.15) is 11.4 Å². The molecule has 0 atom stereocenters. The average molecular weight is 253 g/mol. The summed E-state index contributed by atoms with van der Waals surface area (Å²) in [7, 11) is 0. The first-order chi connectivity index (χ1) is 7.58. The third-order valence-corrected chi connectivity index (χ3v) is 2.85. The van der Waals surface area contributed by atoms with Gasteiger partial charge in [0.1, 0.15) is 5.82 Å². The molecule has 0 radical (unpaired) electrons. The van der Waals surface area contributed by atoms with E-state index in [0.29, 0.717) is 10.0 Å². The maximum Gasteiger partial charge on any atom is 0.125 e. The SMILES string of the molecule is Cc1cc(Cl)c(-c2cnc(C)nc2)c(Cl)c1. The average Bonchev–Trinajstić information content (AvgIpc) is 2.19. The lowest BCUT2D eigenvalue weighted by Crippen LogP contribution is -1.89. The number of halogens is 2. The molecule has 0 aliphatic carbocycles. The van der Waals surface area contributed by atoms with Crippen molar-refractivity contribution in [3.8, 4) is 11.1 Å². The number of hydrogen-bond donors (Lipinski definition) is 0. The second-order valence-corrected chi connectivity index (χ2v) is 4.44. The molecule has 0 N–H and O–H groups in total. The molecule has 2 rings (SSSR count). The monoisotopic (exact) mass is 252 g/mol. The zero-order valence-electron chi connectivity index (χ0n) is 8.96. The number of aromatic nitrogens is 2. The lowest BCUT2D eigenvalue weighted by Gasteiger charge is -2.07. The Kier molecular flexibility index (Phi) is 3.13. The number of benzene rings is 1. The Morgan fingerprint density at radius 3 is 1.94 bits per heavy atom. The van der Waals surface area contributed by atoms with Crippen molar-refractivity contribution in [2.24, 2.45) is 0 Å². The molecule has 2 nitrogen and oxygen atoms in total. The van der Waals surface area contributed by atoms with E-state index in [1.165, 1.54) is 0 Å². The van der Waals surface area contributed by atoms with Crippen molar-refractivity contribution in [3.63, 3.8) is 0 Å². The Morgan fingerprint density at radius 1 is 0.938 bits per heavy atom. The van der Waals surface area contributed by atoms with Gasteiger partial charge in [-0.3, -0.25) is 0 Å². The van der Waals surface area contributed by atoms with Gasteiger partial charge in [0.25, 0.3) is 0 Å². The van der Waals surface area contributed by atoms with Gasteiger partial charge >= 0.3 is 0 Å². The third kappa shape index (κ3) is 2.18. The molecule has 0 spiro atoms. The van der Waals surface area contributed by atoms with Gasteiger partial charge in [-0.1, -0.05) is 23.2 Å². The number of nitrogens with zero attached hydrogens (tertiary/aromatic N) is 2. The molecule has 2 aromatic rings. The first kappa shape index (κ1) is 11.4. The highest BCUT2D eigenvalue weighted by Crippen LogP contribution is 2.34. The number of hydrogen-bond acceptors (Lipinski definition) is 2. The van der Waals surface area contributed by atoms with Crippen molar-refractivity contribution < 1.29 is 0 Å². The fraction of sp³-hybridized carbons (Fsp3) is 0.167. The quantitative estimate of drug-likeness (QED) is 0.765. The molecule has 0 fully saturated rings. The molecule has 1 aromatic heterocycles. The summed E-state index contributed by atoms with van der Waals surface area (Å²) in [6, 6.07) is 3.76. The van der Waals surface area contributed by atoms with E-state index >= 15 is 0 Å². The van der Waals surface area contributed by atoms with Crippen LogP contribution in [0.3, 0.4) is 0 Å². The fourth-order valence-electron chi connectivity index (χ4n) is 1.50. The van der Waals surface area contributed by atoms with E-state index in [9.17, 15) is 0 Å². The molecular weight excluding hydrogens is 243 g/mol. The molecule has 0 amide bonds. The molecule has 0 unspecified atom stereocenters. The van der Waals surface area contributed by atoms with E-state index in [4.69, 9.17) is 23.2 Å². The van der Waals surface area contributed by atoms with Gasteiger partial charge in [0.05, 0.1) is 10.0 Å². The minimum absolute atomic E-state index is 0.623. The molecule has 16 heavy (non-hydrogen) atoms. The van der Waals surface area contributed by atoms with Crippen LogP contribution in [-0.4, -0.2) is 9.97 Å². The number of rotatable bonds is 1. The Morgan fingerprint density at radius 2 is 1.44 bits per heavy atom. The summed E-state index contributed by atoms with van der Waals surface area (Å²) < 4.78 is 0. The van der Waals surface area contributed by atoms with Crippen molar-refractivity contribution in [2.75, 3.05) is 0 Å². The van der Waals surface area contributed by atoms with Crippen LogP contribution in [0, 0.1) is 13.8 Å². The molecule has 1 heterocycles. The van der Waals surface area contributed by atoms with Crippen LogP contribution in [0.4, 0.5) is 0 Å². The van der Waals surface area contributed by atoms with Crippen molar-refractivity contribution in [2.45, 2.75) is 13.8 Å². The minimum atomic E-state index is 0.623. The van der Waals surface area contributed by atoms with E-state index in [0.717, 1.165) is 22.5 Å². The van der Waals surface area contributed by atoms with Gasteiger partial charge in [0.15, 0.2) is 0 Å². The van der Waals surface area contributed by atoms with Crippen LogP contribution < -0.4 is 0 Å². The van der Waals surface area contributed by atoms with Crippen LogP contribution in [0.5, 0.6) is 0 Å². The Bertz CT molecular complexity index is 498.